The zero-order chi connectivity index (χ0) is 24.4. The van der Waals surface area contributed by atoms with E-state index in [0.717, 1.165) is 42.8 Å². The number of hydrogen-bond donors (Lipinski definition) is 4. The first kappa shape index (κ1) is 23.9. The van der Waals surface area contributed by atoms with Crippen LogP contribution in [0.2, 0.25) is 5.02 Å². The molecule has 34 heavy (non-hydrogen) atoms. The van der Waals surface area contributed by atoms with E-state index in [1.165, 1.54) is 6.20 Å². The van der Waals surface area contributed by atoms with Crippen molar-refractivity contribution in [3.8, 4) is 0 Å². The molecule has 9 nitrogen and oxygen atoms in total. The van der Waals surface area contributed by atoms with Gasteiger partial charge in [0.2, 0.25) is 11.9 Å². The molecular weight excluding hydrogens is 459 g/mol. The Hall–Kier alpha value is -3.24. The van der Waals surface area contributed by atoms with Crippen LogP contribution in [0.1, 0.15) is 42.5 Å². The van der Waals surface area contributed by atoms with Crippen LogP contribution in [0.25, 0.3) is 0 Å². The normalized spacial score (nSPS) is 15.8. The number of piperidine rings is 1. The van der Waals surface area contributed by atoms with Crippen LogP contribution in [0.15, 0.2) is 24.4 Å². The van der Waals surface area contributed by atoms with Gasteiger partial charge >= 0.3 is 0 Å². The monoisotopic (exact) mass is 486 g/mol. The van der Waals surface area contributed by atoms with Gasteiger partial charge in [-0.3, -0.25) is 14.8 Å². The topological polar surface area (TPSA) is 125 Å². The first-order valence-corrected chi connectivity index (χ1v) is 11.5. The molecule has 3 aromatic rings. The van der Waals surface area contributed by atoms with Gasteiger partial charge in [0.15, 0.2) is 11.6 Å². The summed E-state index contributed by atoms with van der Waals surface area (Å²) in [6, 6.07) is 4.87. The molecular formula is C23H28ClFN8O. The number of carbonyl (C=O) groups excluding carboxylic acids is 1. The molecule has 1 amide bonds. The molecule has 11 heteroatoms. The third kappa shape index (κ3) is 5.28. The Labute approximate surface area is 202 Å². The van der Waals surface area contributed by atoms with E-state index < -0.39 is 0 Å². The van der Waals surface area contributed by atoms with Crippen molar-refractivity contribution in [3.63, 3.8) is 0 Å². The zero-order valence-electron chi connectivity index (χ0n) is 19.3. The fourth-order valence-electron chi connectivity index (χ4n) is 4.25. The Morgan fingerprint density at radius 1 is 1.26 bits per heavy atom. The third-order valence-electron chi connectivity index (χ3n) is 6.23. The predicted octanol–water partition coefficient (Wildman–Crippen LogP) is 4.15. The van der Waals surface area contributed by atoms with Crippen LogP contribution in [0, 0.1) is 19.7 Å². The van der Waals surface area contributed by atoms with Gasteiger partial charge in [-0.05, 0) is 75.9 Å². The minimum atomic E-state index is -0.385. The van der Waals surface area contributed by atoms with E-state index in [4.69, 9.17) is 17.3 Å². The lowest BCUT2D eigenvalue weighted by atomic mass is 9.86. The Morgan fingerprint density at radius 2 is 2.00 bits per heavy atom. The van der Waals surface area contributed by atoms with E-state index in [0.29, 0.717) is 16.7 Å². The van der Waals surface area contributed by atoms with Gasteiger partial charge in [0.25, 0.3) is 0 Å². The first-order chi connectivity index (χ1) is 16.2. The highest BCUT2D eigenvalue weighted by Crippen LogP contribution is 2.34. The quantitative estimate of drug-likeness (QED) is 0.395. The van der Waals surface area contributed by atoms with Crippen LogP contribution >= 0.6 is 11.6 Å². The van der Waals surface area contributed by atoms with Crippen LogP contribution < -0.4 is 16.4 Å². The highest BCUT2D eigenvalue weighted by Gasteiger charge is 2.27. The van der Waals surface area contributed by atoms with Crippen LogP contribution in [0.5, 0.6) is 0 Å². The lowest BCUT2D eigenvalue weighted by molar-refractivity contribution is -0.123. The summed E-state index contributed by atoms with van der Waals surface area (Å²) in [5, 5.41) is 13.2. The lowest BCUT2D eigenvalue weighted by Gasteiger charge is -2.35. The van der Waals surface area contributed by atoms with E-state index in [2.05, 4.69) is 35.7 Å². The molecule has 1 fully saturated rings. The zero-order valence-corrected chi connectivity index (χ0v) is 20.1. The molecule has 2 aromatic heterocycles. The first-order valence-electron chi connectivity index (χ1n) is 11.1. The number of aromatic nitrogens is 4. The number of nitrogens with one attached hydrogen (secondary N) is 3. The van der Waals surface area contributed by atoms with Crippen molar-refractivity contribution in [3.05, 3.63) is 52.1 Å². The minimum Gasteiger partial charge on any atom is -0.368 e. The maximum atomic E-state index is 15.1. The summed E-state index contributed by atoms with van der Waals surface area (Å²) in [5.41, 5.74) is 8.55. The lowest BCUT2D eigenvalue weighted by Crippen LogP contribution is -2.46. The number of aryl methyl sites for hydroxylation is 2. The number of carbonyl (C=O) groups is 1. The summed E-state index contributed by atoms with van der Waals surface area (Å²) in [6.07, 6.45) is 3.12. The highest BCUT2D eigenvalue weighted by molar-refractivity contribution is 6.32. The highest BCUT2D eigenvalue weighted by atomic mass is 35.5. The number of nitrogens with zero attached hydrogens (tertiary/aromatic N) is 4. The molecule has 0 saturated carbocycles. The average molecular weight is 487 g/mol. The van der Waals surface area contributed by atoms with Gasteiger partial charge < -0.3 is 16.4 Å². The second-order valence-corrected chi connectivity index (χ2v) is 9.06. The number of H-pyrrole nitrogens is 1. The second kappa shape index (κ2) is 9.94. The molecule has 180 valence electrons. The van der Waals surface area contributed by atoms with Crippen molar-refractivity contribution in [2.75, 3.05) is 23.7 Å². The van der Waals surface area contributed by atoms with E-state index in [1.807, 2.05) is 26.8 Å². The molecule has 0 aliphatic carbocycles. The largest absolute Gasteiger partial charge is 0.368 e. The summed E-state index contributed by atoms with van der Waals surface area (Å²) in [7, 11) is 0. The molecule has 1 aromatic carbocycles. The fourth-order valence-corrected chi connectivity index (χ4v) is 4.39. The summed E-state index contributed by atoms with van der Waals surface area (Å²) in [4.78, 5) is 22.1. The summed E-state index contributed by atoms with van der Waals surface area (Å²) < 4.78 is 15.1. The maximum Gasteiger partial charge on any atom is 0.234 e. The molecule has 0 bridgehead atoms. The molecule has 1 saturated heterocycles. The van der Waals surface area contributed by atoms with E-state index >= 15 is 4.39 Å². The Morgan fingerprint density at radius 3 is 2.65 bits per heavy atom. The van der Waals surface area contributed by atoms with Crippen LogP contribution in [0.4, 0.5) is 27.7 Å². The van der Waals surface area contributed by atoms with Gasteiger partial charge in [-0.15, -0.1) is 0 Å². The van der Waals surface area contributed by atoms with Gasteiger partial charge in [0.05, 0.1) is 17.9 Å². The predicted molar refractivity (Wildman–Crippen MR) is 130 cm³/mol. The standard InChI is InChI=1S/C23H28ClFN8O/c1-12-8-19(18(25)10-16(12)15-4-6-33(7-5-15)14(3)21(26)34)28-23-27-11-17(24)22(30-23)29-20-9-13(2)31-32-20/h8-11,14-15H,4-7H2,1-3H3,(H2,26,34)(H3,27,28,29,30,31,32). The van der Waals surface area contributed by atoms with Gasteiger partial charge in [0, 0.05) is 11.8 Å². The smallest absolute Gasteiger partial charge is 0.234 e. The van der Waals surface area contributed by atoms with Gasteiger partial charge in [-0.25, -0.2) is 9.37 Å². The van der Waals surface area contributed by atoms with Crippen molar-refractivity contribution >= 4 is 40.8 Å². The van der Waals surface area contributed by atoms with Crippen molar-refractivity contribution in [2.45, 2.75) is 45.6 Å². The van der Waals surface area contributed by atoms with Gasteiger partial charge in [-0.2, -0.15) is 10.1 Å². The second-order valence-electron chi connectivity index (χ2n) is 8.65. The van der Waals surface area contributed by atoms with Crippen molar-refractivity contribution in [1.29, 1.82) is 0 Å². The Balaban J connectivity index is 1.47. The number of benzene rings is 1. The van der Waals surface area contributed by atoms with Crippen LogP contribution in [0.3, 0.4) is 0 Å². The number of aromatic amines is 1. The number of anilines is 4. The summed E-state index contributed by atoms with van der Waals surface area (Å²) >= 11 is 6.21. The van der Waals surface area contributed by atoms with Gasteiger partial charge in [-0.1, -0.05) is 11.6 Å². The molecule has 0 radical (unpaired) electrons. The minimum absolute atomic E-state index is 0.207. The molecule has 5 N–H and O–H groups in total. The van der Waals surface area contributed by atoms with E-state index in [1.54, 1.807) is 12.1 Å². The fraction of sp³-hybridized carbons (Fsp3) is 0.391. The number of likely N-dealkylation sites (tertiary alicyclic amines) is 1. The molecule has 1 aliphatic rings. The van der Waals surface area contributed by atoms with Crippen molar-refractivity contribution < 1.29 is 9.18 Å². The molecule has 1 unspecified atom stereocenters. The molecule has 0 spiro atoms. The molecule has 4 rings (SSSR count). The number of amides is 1. The molecule has 1 aliphatic heterocycles. The molecule has 1 atom stereocenters. The third-order valence-corrected chi connectivity index (χ3v) is 6.50. The number of hydrogen-bond acceptors (Lipinski definition) is 7. The SMILES string of the molecule is Cc1cc(Nc2nc(Nc3cc(C)c(C4CCN(C(C)C(N)=O)CC4)cc3F)ncc2Cl)n[nH]1. The number of primary amides is 1. The van der Waals surface area contributed by atoms with E-state index in [9.17, 15) is 4.79 Å². The number of nitrogens with two attached hydrogens (primary N) is 1. The average Bonchev–Trinajstić information content (AvgIpc) is 3.22. The van der Waals surface area contributed by atoms with Crippen molar-refractivity contribution in [1.82, 2.24) is 25.1 Å². The number of rotatable bonds is 7. The van der Waals surface area contributed by atoms with Gasteiger partial charge in [0.1, 0.15) is 10.8 Å². The van der Waals surface area contributed by atoms with E-state index in [-0.39, 0.29) is 35.3 Å². The molecule has 3 heterocycles. The van der Waals surface area contributed by atoms with Crippen LogP contribution in [-0.2, 0) is 4.79 Å². The maximum absolute atomic E-state index is 15.1. The van der Waals surface area contributed by atoms with Crippen LogP contribution in [-0.4, -0.2) is 50.1 Å². The summed E-state index contributed by atoms with van der Waals surface area (Å²) in [6.45, 7) is 7.17. The Bertz CT molecular complexity index is 1190. The van der Waals surface area contributed by atoms with Crippen molar-refractivity contribution in [2.24, 2.45) is 5.73 Å². The Kier molecular flexibility index (Phi) is 6.99. The summed E-state index contributed by atoms with van der Waals surface area (Å²) in [5.74, 6) is 0.643. The number of halogens is 2.